The fourth-order valence-corrected chi connectivity index (χ4v) is 6.15. The van der Waals surface area contributed by atoms with E-state index in [4.69, 9.17) is 4.74 Å². The van der Waals surface area contributed by atoms with Gasteiger partial charge in [0.15, 0.2) is 5.78 Å². The second-order valence-electron chi connectivity index (χ2n) is 10.5. The predicted octanol–water partition coefficient (Wildman–Crippen LogP) is 4.45. The summed E-state index contributed by atoms with van der Waals surface area (Å²) in [5, 5.41) is 0. The minimum atomic E-state index is -4.43. The summed E-state index contributed by atoms with van der Waals surface area (Å²) in [6, 6.07) is 7.07. The molecule has 4 heterocycles. The number of H-pyrrole nitrogens is 1. The molecule has 40 heavy (non-hydrogen) atoms. The number of nitrogens with one attached hydrogen (secondary N) is 2. The Labute approximate surface area is 228 Å². The number of benzene rings is 1. The molecule has 2 N–H and O–H groups in total. The quantitative estimate of drug-likeness (QED) is 0.474. The van der Waals surface area contributed by atoms with Crippen molar-refractivity contribution in [1.29, 1.82) is 0 Å². The van der Waals surface area contributed by atoms with Crippen molar-refractivity contribution in [2.45, 2.75) is 43.9 Å². The number of aromatic nitrogens is 3. The summed E-state index contributed by atoms with van der Waals surface area (Å²) in [7, 11) is -3.42. The molecule has 13 heteroatoms. The molecule has 210 valence electrons. The van der Waals surface area contributed by atoms with Crippen LogP contribution in [0, 0.1) is 0 Å². The highest BCUT2D eigenvalue weighted by Gasteiger charge is 2.44. The van der Waals surface area contributed by atoms with E-state index in [1.54, 1.807) is 12.3 Å². The topological polar surface area (TPSA) is 117 Å². The molecule has 3 aliphatic rings. The average Bonchev–Trinajstić information content (AvgIpc) is 3.32. The van der Waals surface area contributed by atoms with Gasteiger partial charge in [0.25, 0.3) is 0 Å². The van der Waals surface area contributed by atoms with E-state index < -0.39 is 27.4 Å². The summed E-state index contributed by atoms with van der Waals surface area (Å²) in [6.45, 7) is 1.26. The number of allylic oxidation sites excluding steroid dienone is 4. The highest BCUT2D eigenvalue weighted by Crippen LogP contribution is 2.42. The van der Waals surface area contributed by atoms with Gasteiger partial charge in [0.2, 0.25) is 10.0 Å². The van der Waals surface area contributed by atoms with Crippen LogP contribution in [0.5, 0.6) is 0 Å². The van der Waals surface area contributed by atoms with Gasteiger partial charge in [0.05, 0.1) is 34.8 Å². The van der Waals surface area contributed by atoms with Crippen molar-refractivity contribution in [1.82, 2.24) is 19.7 Å². The average molecular weight is 574 g/mol. The molecule has 0 unspecified atom stereocenters. The lowest BCUT2D eigenvalue weighted by Gasteiger charge is -2.45. The van der Waals surface area contributed by atoms with Gasteiger partial charge < -0.3 is 14.6 Å². The number of anilines is 1. The number of alkyl halides is 3. The van der Waals surface area contributed by atoms with Gasteiger partial charge in [0.1, 0.15) is 23.0 Å². The minimum absolute atomic E-state index is 0.0436. The molecule has 1 saturated heterocycles. The van der Waals surface area contributed by atoms with Crippen LogP contribution in [0.3, 0.4) is 0 Å². The lowest BCUT2D eigenvalue weighted by Crippen LogP contribution is -2.49. The molecule has 0 bridgehead atoms. The zero-order chi connectivity index (χ0) is 28.3. The second kappa shape index (κ2) is 9.36. The van der Waals surface area contributed by atoms with E-state index >= 15 is 0 Å². The number of rotatable bonds is 4. The van der Waals surface area contributed by atoms with E-state index in [9.17, 15) is 26.4 Å². The molecule has 1 fully saturated rings. The molecule has 2 aromatic heterocycles. The summed E-state index contributed by atoms with van der Waals surface area (Å²) in [4.78, 5) is 27.0. The molecule has 9 nitrogen and oxygen atoms in total. The van der Waals surface area contributed by atoms with Crippen molar-refractivity contribution >= 4 is 32.7 Å². The van der Waals surface area contributed by atoms with Crippen molar-refractivity contribution in [2.24, 2.45) is 0 Å². The van der Waals surface area contributed by atoms with Crippen LogP contribution in [-0.4, -0.2) is 54.1 Å². The second-order valence-corrected chi connectivity index (χ2v) is 12.2. The van der Waals surface area contributed by atoms with Crippen LogP contribution in [0.2, 0.25) is 0 Å². The number of fused-ring (bicyclic) bond motifs is 1. The largest absolute Gasteiger partial charge is 0.490 e. The van der Waals surface area contributed by atoms with Crippen molar-refractivity contribution < 1.29 is 31.1 Å². The van der Waals surface area contributed by atoms with Crippen molar-refractivity contribution in [3.05, 3.63) is 65.2 Å². The third-order valence-electron chi connectivity index (χ3n) is 7.51. The number of carbonyl (C=O) groups is 1. The fraction of sp³-hybridized carbons (Fsp3) is 0.370. The maximum Gasteiger partial charge on any atom is 0.416 e. The summed E-state index contributed by atoms with van der Waals surface area (Å²) in [6.07, 6.45) is 2.27. The number of hydrogen-bond donors (Lipinski definition) is 2. The Kier molecular flexibility index (Phi) is 6.17. The highest BCUT2D eigenvalue weighted by molar-refractivity contribution is 7.88. The molecule has 6 rings (SSSR count). The Morgan fingerprint density at radius 2 is 1.90 bits per heavy atom. The Morgan fingerprint density at radius 1 is 1.12 bits per heavy atom. The SMILES string of the molecule is CS(=O)(=O)NC1=CC2=C(CC1)OC1(CCN(c3ccc(-c4nc5ccc(C(F)(F)F)cc5[nH]4)cn3)CC1)CC2=O. The van der Waals surface area contributed by atoms with Crippen LogP contribution >= 0.6 is 0 Å². The number of sulfonamides is 1. The van der Waals surface area contributed by atoms with Crippen molar-refractivity contribution in [3.63, 3.8) is 0 Å². The van der Waals surface area contributed by atoms with E-state index in [1.165, 1.54) is 6.07 Å². The fourth-order valence-electron chi connectivity index (χ4n) is 5.51. The maximum absolute atomic E-state index is 13.0. The van der Waals surface area contributed by atoms with Crippen LogP contribution in [0.4, 0.5) is 19.0 Å². The first-order valence-electron chi connectivity index (χ1n) is 12.8. The highest BCUT2D eigenvalue weighted by atomic mass is 32.2. The van der Waals surface area contributed by atoms with E-state index in [-0.39, 0.29) is 12.2 Å². The zero-order valence-corrected chi connectivity index (χ0v) is 22.3. The van der Waals surface area contributed by atoms with Crippen molar-refractivity contribution in [3.8, 4) is 11.4 Å². The summed E-state index contributed by atoms with van der Waals surface area (Å²) >= 11 is 0. The van der Waals surface area contributed by atoms with Gasteiger partial charge in [-0.3, -0.25) is 9.52 Å². The molecule has 0 saturated carbocycles. The number of halogens is 3. The lowest BCUT2D eigenvalue weighted by molar-refractivity contribution is -0.137. The molecule has 3 aromatic rings. The molecular formula is C27H26F3N5O4S. The summed E-state index contributed by atoms with van der Waals surface area (Å²) < 4.78 is 71.1. The number of hydrogen-bond acceptors (Lipinski definition) is 7. The number of piperidine rings is 1. The molecule has 0 atom stereocenters. The first kappa shape index (κ1) is 26.4. The molecule has 0 radical (unpaired) electrons. The number of imidazole rings is 1. The van der Waals surface area contributed by atoms with Gasteiger partial charge in [-0.1, -0.05) is 0 Å². The number of pyridine rings is 1. The van der Waals surface area contributed by atoms with Gasteiger partial charge in [-0.2, -0.15) is 13.2 Å². The molecule has 1 aromatic carbocycles. The summed E-state index contributed by atoms with van der Waals surface area (Å²) in [5.74, 6) is 1.76. The normalized spacial score (nSPS) is 19.4. The minimum Gasteiger partial charge on any atom is -0.490 e. The lowest BCUT2D eigenvalue weighted by atomic mass is 9.81. The maximum atomic E-state index is 13.0. The Bertz CT molecular complexity index is 1670. The zero-order valence-electron chi connectivity index (χ0n) is 21.5. The first-order valence-corrected chi connectivity index (χ1v) is 14.7. The number of ketones is 1. The number of nitrogens with zero attached hydrogens (tertiary/aromatic N) is 3. The molecule has 1 spiro atoms. The summed E-state index contributed by atoms with van der Waals surface area (Å²) in [5.41, 5.74) is 0.993. The van der Waals surface area contributed by atoms with Gasteiger partial charge in [0, 0.05) is 49.8 Å². The number of Topliss-reactive ketones (excluding diaryl/α,β-unsaturated/α-hetero) is 1. The van der Waals surface area contributed by atoms with E-state index in [1.807, 2.05) is 12.1 Å². The molecule has 0 amide bonds. The van der Waals surface area contributed by atoms with Crippen molar-refractivity contribution in [2.75, 3.05) is 24.2 Å². The third kappa shape index (κ3) is 5.17. The van der Waals surface area contributed by atoms with Gasteiger partial charge in [-0.25, -0.2) is 18.4 Å². The molecule has 2 aliphatic heterocycles. The Hall–Kier alpha value is -3.87. The molecule has 1 aliphatic carbocycles. The Balaban J connectivity index is 1.13. The monoisotopic (exact) mass is 573 g/mol. The van der Waals surface area contributed by atoms with Crippen LogP contribution in [0.25, 0.3) is 22.4 Å². The van der Waals surface area contributed by atoms with Crippen LogP contribution in [0.1, 0.15) is 37.7 Å². The van der Waals surface area contributed by atoms with Gasteiger partial charge >= 0.3 is 6.18 Å². The van der Waals surface area contributed by atoms with Crippen LogP contribution < -0.4 is 9.62 Å². The predicted molar refractivity (Wildman–Crippen MR) is 142 cm³/mol. The number of ether oxygens (including phenoxy) is 1. The van der Waals surface area contributed by atoms with E-state index in [0.29, 0.717) is 78.2 Å². The van der Waals surface area contributed by atoms with Gasteiger partial charge in [-0.05, 0) is 42.8 Å². The first-order chi connectivity index (χ1) is 18.9. The number of carbonyl (C=O) groups excluding carboxylic acids is 1. The standard InChI is InChI=1S/C27H26F3N5O4S/c1-40(37,38)34-18-4-6-23-19(13-18)22(36)14-26(39-23)8-10-35(11-9-26)24-7-2-16(15-31-24)25-32-20-5-3-17(27(28,29)30)12-21(20)33-25/h2-3,5,7,12-13,15,34H,4,6,8-11,14H2,1H3,(H,32,33). The molecular weight excluding hydrogens is 547 g/mol. The van der Waals surface area contributed by atoms with Crippen LogP contribution in [-0.2, 0) is 25.7 Å². The van der Waals surface area contributed by atoms with Crippen LogP contribution in [0.15, 0.2) is 59.6 Å². The van der Waals surface area contributed by atoms with Gasteiger partial charge in [-0.15, -0.1) is 0 Å². The van der Waals surface area contributed by atoms with E-state index in [2.05, 4.69) is 24.6 Å². The third-order valence-corrected chi connectivity index (χ3v) is 8.14. The Morgan fingerprint density at radius 3 is 2.58 bits per heavy atom. The smallest absolute Gasteiger partial charge is 0.416 e. The number of aromatic amines is 1. The van der Waals surface area contributed by atoms with E-state index in [0.717, 1.165) is 24.2 Å².